The van der Waals surface area contributed by atoms with Gasteiger partial charge in [-0.05, 0) is 0 Å². The van der Waals surface area contributed by atoms with Crippen LogP contribution in [0.25, 0.3) is 0 Å². The minimum atomic E-state index is -1.88. The van der Waals surface area contributed by atoms with E-state index in [1.54, 1.807) is 0 Å². The molecule has 1 heterocycles. The number of esters is 2. The zero-order chi connectivity index (χ0) is 13.9. The highest BCUT2D eigenvalue weighted by Gasteiger charge is 2.41. The summed E-state index contributed by atoms with van der Waals surface area (Å²) >= 11 is 0. The summed E-state index contributed by atoms with van der Waals surface area (Å²) in [4.78, 5) is 22.3. The SMILES string of the molecule is O=C1O[C@H]([C@@H](O)CO)C(O)=C1OC(=O)C(O)CO. The molecule has 1 aliphatic rings. The lowest BCUT2D eigenvalue weighted by Gasteiger charge is -2.13. The third-order valence-electron chi connectivity index (χ3n) is 2.11. The number of carbonyl (C=O) groups is 2. The number of ether oxygens (including phenoxy) is 2. The van der Waals surface area contributed by atoms with Gasteiger partial charge in [0.05, 0.1) is 13.2 Å². The molecule has 0 saturated carbocycles. The minimum absolute atomic E-state index is 0.789. The van der Waals surface area contributed by atoms with Crippen LogP contribution in [0, 0.1) is 0 Å². The van der Waals surface area contributed by atoms with Crippen molar-refractivity contribution in [3.05, 3.63) is 11.5 Å². The van der Waals surface area contributed by atoms with Crippen molar-refractivity contribution in [1.82, 2.24) is 0 Å². The first kappa shape index (κ1) is 14.4. The van der Waals surface area contributed by atoms with Crippen LogP contribution in [0.3, 0.4) is 0 Å². The van der Waals surface area contributed by atoms with Crippen LogP contribution in [0.5, 0.6) is 0 Å². The van der Waals surface area contributed by atoms with Crippen molar-refractivity contribution < 1.29 is 44.6 Å². The molecule has 0 amide bonds. The largest absolute Gasteiger partial charge is 0.505 e. The van der Waals surface area contributed by atoms with E-state index in [1.165, 1.54) is 0 Å². The van der Waals surface area contributed by atoms with Crippen molar-refractivity contribution in [2.24, 2.45) is 0 Å². The first-order valence-electron chi connectivity index (χ1n) is 4.86. The summed E-state index contributed by atoms with van der Waals surface area (Å²) in [5.41, 5.74) is 0. The van der Waals surface area contributed by atoms with Crippen LogP contribution in [-0.4, -0.2) is 69.0 Å². The smallest absolute Gasteiger partial charge is 0.378 e. The summed E-state index contributed by atoms with van der Waals surface area (Å²) in [6, 6.07) is 0. The lowest BCUT2D eigenvalue weighted by atomic mass is 10.2. The van der Waals surface area contributed by atoms with Crippen LogP contribution in [0.2, 0.25) is 0 Å². The van der Waals surface area contributed by atoms with E-state index in [1.807, 2.05) is 0 Å². The van der Waals surface area contributed by atoms with Crippen LogP contribution < -0.4 is 0 Å². The fraction of sp³-hybridized carbons (Fsp3) is 0.556. The van der Waals surface area contributed by atoms with Gasteiger partial charge in [0.15, 0.2) is 18.0 Å². The van der Waals surface area contributed by atoms with E-state index < -0.39 is 55.0 Å². The fourth-order valence-corrected chi connectivity index (χ4v) is 1.15. The standard InChI is InChI=1S/C9H12O9/c10-1-3(12)6-5(14)7(9(16)17-6)18-8(15)4(13)2-11/h3-4,6,10-14H,1-2H2/t3-,4?,6+/m0/s1. The third kappa shape index (κ3) is 2.76. The zero-order valence-electron chi connectivity index (χ0n) is 9.02. The van der Waals surface area contributed by atoms with Gasteiger partial charge in [0, 0.05) is 0 Å². The molecule has 9 heteroatoms. The molecule has 102 valence electrons. The molecular formula is C9H12O9. The number of hydrogen-bond acceptors (Lipinski definition) is 9. The Bertz CT molecular complexity index is 374. The summed E-state index contributed by atoms with van der Waals surface area (Å²) < 4.78 is 8.79. The summed E-state index contributed by atoms with van der Waals surface area (Å²) in [5.74, 6) is -4.37. The molecule has 1 unspecified atom stereocenters. The number of hydrogen-bond donors (Lipinski definition) is 5. The molecule has 9 nitrogen and oxygen atoms in total. The van der Waals surface area contributed by atoms with E-state index >= 15 is 0 Å². The molecule has 1 aliphatic heterocycles. The lowest BCUT2D eigenvalue weighted by Crippen LogP contribution is -2.31. The second kappa shape index (κ2) is 5.78. The molecular weight excluding hydrogens is 252 g/mol. The predicted molar refractivity (Wildman–Crippen MR) is 51.8 cm³/mol. The Kier molecular flexibility index (Phi) is 4.62. The van der Waals surface area contributed by atoms with Gasteiger partial charge in [0.2, 0.25) is 0 Å². The normalized spacial score (nSPS) is 22.7. The van der Waals surface area contributed by atoms with E-state index in [0.717, 1.165) is 0 Å². The van der Waals surface area contributed by atoms with E-state index in [-0.39, 0.29) is 0 Å². The third-order valence-corrected chi connectivity index (χ3v) is 2.11. The maximum absolute atomic E-state index is 11.2. The van der Waals surface area contributed by atoms with Gasteiger partial charge in [-0.3, -0.25) is 0 Å². The Hall–Kier alpha value is -1.68. The average molecular weight is 264 g/mol. The molecule has 0 saturated heterocycles. The number of cyclic esters (lactones) is 1. The average Bonchev–Trinajstić information content (AvgIpc) is 2.64. The molecule has 0 aliphatic carbocycles. The molecule has 0 aromatic heterocycles. The summed E-state index contributed by atoms with van der Waals surface area (Å²) in [5, 5.41) is 44.7. The Morgan fingerprint density at radius 3 is 2.44 bits per heavy atom. The Morgan fingerprint density at radius 1 is 1.33 bits per heavy atom. The van der Waals surface area contributed by atoms with Crippen LogP contribution in [0.15, 0.2) is 11.5 Å². The molecule has 18 heavy (non-hydrogen) atoms. The van der Waals surface area contributed by atoms with E-state index in [0.29, 0.717) is 0 Å². The van der Waals surface area contributed by atoms with Crippen molar-refractivity contribution in [1.29, 1.82) is 0 Å². The van der Waals surface area contributed by atoms with Crippen LogP contribution >= 0.6 is 0 Å². The van der Waals surface area contributed by atoms with Crippen molar-refractivity contribution in [2.75, 3.05) is 13.2 Å². The van der Waals surface area contributed by atoms with Gasteiger partial charge in [-0.2, -0.15) is 0 Å². The van der Waals surface area contributed by atoms with Gasteiger partial charge < -0.3 is 35.0 Å². The van der Waals surface area contributed by atoms with Gasteiger partial charge in [0.25, 0.3) is 5.76 Å². The molecule has 0 aromatic rings. The van der Waals surface area contributed by atoms with Crippen LogP contribution in [0.4, 0.5) is 0 Å². The topological polar surface area (TPSA) is 154 Å². The second-order valence-electron chi connectivity index (χ2n) is 3.41. The lowest BCUT2D eigenvalue weighted by molar-refractivity contribution is -0.158. The van der Waals surface area contributed by atoms with Gasteiger partial charge in [-0.1, -0.05) is 0 Å². The van der Waals surface area contributed by atoms with Crippen molar-refractivity contribution >= 4 is 11.9 Å². The quantitative estimate of drug-likeness (QED) is 0.325. The first-order chi connectivity index (χ1) is 8.42. The monoisotopic (exact) mass is 264 g/mol. The van der Waals surface area contributed by atoms with E-state index in [9.17, 15) is 19.8 Å². The van der Waals surface area contributed by atoms with Gasteiger partial charge in [-0.25, -0.2) is 9.59 Å². The maximum atomic E-state index is 11.2. The Labute approximate surface area is 100 Å². The van der Waals surface area contributed by atoms with Crippen molar-refractivity contribution in [3.8, 4) is 0 Å². The molecule has 0 aromatic carbocycles. The highest BCUT2D eigenvalue weighted by Crippen LogP contribution is 2.24. The fourth-order valence-electron chi connectivity index (χ4n) is 1.15. The van der Waals surface area contributed by atoms with E-state index in [2.05, 4.69) is 9.47 Å². The first-order valence-corrected chi connectivity index (χ1v) is 4.86. The predicted octanol–water partition coefficient (Wildman–Crippen LogP) is -3.07. The van der Waals surface area contributed by atoms with Crippen LogP contribution in [-0.2, 0) is 19.1 Å². The maximum Gasteiger partial charge on any atom is 0.378 e. The summed E-state index contributed by atoms with van der Waals surface area (Å²) in [7, 11) is 0. The highest BCUT2D eigenvalue weighted by molar-refractivity contribution is 5.93. The van der Waals surface area contributed by atoms with Gasteiger partial charge in [-0.15, -0.1) is 0 Å². The van der Waals surface area contributed by atoms with Gasteiger partial charge >= 0.3 is 11.9 Å². The number of rotatable bonds is 5. The summed E-state index contributed by atoms with van der Waals surface area (Å²) in [6.07, 6.45) is -5.00. The zero-order valence-corrected chi connectivity index (χ0v) is 9.02. The molecule has 3 atom stereocenters. The highest BCUT2D eigenvalue weighted by atomic mass is 16.6. The van der Waals surface area contributed by atoms with Gasteiger partial charge in [0.1, 0.15) is 6.10 Å². The number of aliphatic hydroxyl groups excluding tert-OH is 5. The van der Waals surface area contributed by atoms with Crippen LogP contribution in [0.1, 0.15) is 0 Å². The molecule has 0 spiro atoms. The summed E-state index contributed by atoms with van der Waals surface area (Å²) in [6.45, 7) is -1.72. The molecule has 0 radical (unpaired) electrons. The number of aliphatic hydroxyl groups is 5. The molecule has 0 fully saturated rings. The van der Waals surface area contributed by atoms with Crippen molar-refractivity contribution in [2.45, 2.75) is 18.3 Å². The number of carbonyl (C=O) groups excluding carboxylic acids is 2. The molecule has 1 rings (SSSR count). The molecule has 0 bridgehead atoms. The Balaban J connectivity index is 2.83. The second-order valence-corrected chi connectivity index (χ2v) is 3.41. The van der Waals surface area contributed by atoms with Crippen molar-refractivity contribution in [3.63, 3.8) is 0 Å². The molecule has 5 N–H and O–H groups in total. The Morgan fingerprint density at radius 2 is 1.94 bits per heavy atom. The minimum Gasteiger partial charge on any atom is -0.505 e. The van der Waals surface area contributed by atoms with E-state index in [4.69, 9.17) is 15.3 Å².